The largest absolute Gasteiger partial charge is 0.494 e. The first-order chi connectivity index (χ1) is 18.0. The Balaban J connectivity index is 1.56. The number of carbonyl (C=O) groups excluding carboxylic acids is 1. The van der Waals surface area contributed by atoms with Crippen molar-refractivity contribution >= 4 is 21.6 Å². The third-order valence-electron chi connectivity index (χ3n) is 5.43. The van der Waals surface area contributed by atoms with Gasteiger partial charge in [0.2, 0.25) is 15.9 Å². The highest BCUT2D eigenvalue weighted by Crippen LogP contribution is 2.29. The molecular formula is C29H28N2O5S. The number of sulfonamides is 1. The van der Waals surface area contributed by atoms with Gasteiger partial charge >= 0.3 is 0 Å². The molecule has 0 aliphatic heterocycles. The van der Waals surface area contributed by atoms with E-state index in [0.717, 1.165) is 9.87 Å². The van der Waals surface area contributed by atoms with Crippen LogP contribution in [-0.2, 0) is 21.4 Å². The molecular weight excluding hydrogens is 488 g/mol. The standard InChI is InChI=1S/C29H28N2O5S/c1-2-35-24-17-19-26(20-18-24)37(33,34)31(21-23-11-5-3-6-12-23)22-29(32)30-27-15-9-10-16-28(27)36-25-13-7-4-8-14-25/h3-20H,2,21-22H2,1H3,(H,30,32). The first kappa shape index (κ1) is 25.9. The lowest BCUT2D eigenvalue weighted by Gasteiger charge is -2.22. The topological polar surface area (TPSA) is 84.9 Å². The van der Waals surface area contributed by atoms with Crippen molar-refractivity contribution in [3.63, 3.8) is 0 Å². The minimum atomic E-state index is -3.99. The number of ether oxygens (including phenoxy) is 2. The monoisotopic (exact) mass is 516 g/mol. The molecule has 4 aromatic rings. The molecule has 0 atom stereocenters. The Hall–Kier alpha value is -4.14. The Morgan fingerprint density at radius 3 is 2.08 bits per heavy atom. The van der Waals surface area contributed by atoms with E-state index in [1.54, 1.807) is 36.4 Å². The van der Waals surface area contributed by atoms with Crippen LogP contribution in [0.1, 0.15) is 12.5 Å². The summed E-state index contributed by atoms with van der Waals surface area (Å²) in [4.78, 5) is 13.2. The van der Waals surface area contributed by atoms with E-state index in [-0.39, 0.29) is 18.0 Å². The van der Waals surface area contributed by atoms with Gasteiger partial charge in [-0.1, -0.05) is 60.7 Å². The quantitative estimate of drug-likeness (QED) is 0.276. The van der Waals surface area contributed by atoms with Crippen LogP contribution >= 0.6 is 0 Å². The van der Waals surface area contributed by atoms with Crippen molar-refractivity contribution in [3.8, 4) is 17.2 Å². The number of carbonyl (C=O) groups is 1. The minimum Gasteiger partial charge on any atom is -0.494 e. The number of amides is 1. The average Bonchev–Trinajstić information content (AvgIpc) is 2.91. The maximum Gasteiger partial charge on any atom is 0.243 e. The van der Waals surface area contributed by atoms with E-state index in [1.807, 2.05) is 67.6 Å². The van der Waals surface area contributed by atoms with Gasteiger partial charge in [-0.2, -0.15) is 4.31 Å². The van der Waals surface area contributed by atoms with Gasteiger partial charge in [0.15, 0.2) is 5.75 Å². The Morgan fingerprint density at radius 2 is 1.41 bits per heavy atom. The van der Waals surface area contributed by atoms with Crippen molar-refractivity contribution in [2.45, 2.75) is 18.4 Å². The molecule has 0 aliphatic carbocycles. The molecule has 7 nitrogen and oxygen atoms in total. The third kappa shape index (κ3) is 6.97. The minimum absolute atomic E-state index is 0.0337. The van der Waals surface area contributed by atoms with Crippen LogP contribution in [0.5, 0.6) is 17.2 Å². The van der Waals surface area contributed by atoms with E-state index in [0.29, 0.717) is 29.5 Å². The summed E-state index contributed by atoms with van der Waals surface area (Å²) in [7, 11) is -3.99. The first-order valence-electron chi connectivity index (χ1n) is 11.8. The Labute approximate surface area is 217 Å². The summed E-state index contributed by atoms with van der Waals surface area (Å²) in [5.41, 5.74) is 1.20. The summed E-state index contributed by atoms with van der Waals surface area (Å²) in [6.07, 6.45) is 0. The van der Waals surface area contributed by atoms with Crippen molar-refractivity contribution in [2.24, 2.45) is 0 Å². The highest BCUT2D eigenvalue weighted by molar-refractivity contribution is 7.89. The summed E-state index contributed by atoms with van der Waals surface area (Å²) >= 11 is 0. The van der Waals surface area contributed by atoms with Gasteiger partial charge in [0.1, 0.15) is 11.5 Å². The molecule has 0 radical (unpaired) electrons. The summed E-state index contributed by atoms with van der Waals surface area (Å²) in [5, 5.41) is 2.81. The molecule has 4 aromatic carbocycles. The molecule has 0 unspecified atom stereocenters. The SMILES string of the molecule is CCOc1ccc(S(=O)(=O)N(CC(=O)Nc2ccccc2Oc2ccccc2)Cc2ccccc2)cc1. The normalized spacial score (nSPS) is 11.2. The zero-order valence-electron chi connectivity index (χ0n) is 20.4. The molecule has 37 heavy (non-hydrogen) atoms. The van der Waals surface area contributed by atoms with Crippen LogP contribution in [0.3, 0.4) is 0 Å². The molecule has 0 bridgehead atoms. The van der Waals surface area contributed by atoms with Crippen LogP contribution < -0.4 is 14.8 Å². The molecule has 4 rings (SSSR count). The second-order valence-corrected chi connectivity index (χ2v) is 10.1. The maximum atomic E-state index is 13.6. The van der Waals surface area contributed by atoms with E-state index in [2.05, 4.69) is 5.32 Å². The van der Waals surface area contributed by atoms with Crippen LogP contribution in [0.25, 0.3) is 0 Å². The van der Waals surface area contributed by atoms with E-state index < -0.39 is 15.9 Å². The number of nitrogens with one attached hydrogen (secondary N) is 1. The summed E-state index contributed by atoms with van der Waals surface area (Å²) in [5.74, 6) is 1.15. The number of benzene rings is 4. The van der Waals surface area contributed by atoms with Crippen molar-refractivity contribution in [2.75, 3.05) is 18.5 Å². The van der Waals surface area contributed by atoms with Gasteiger partial charge in [-0.15, -0.1) is 0 Å². The third-order valence-corrected chi connectivity index (χ3v) is 7.23. The van der Waals surface area contributed by atoms with Gasteiger partial charge in [0, 0.05) is 6.54 Å². The van der Waals surface area contributed by atoms with Crippen LogP contribution in [0.2, 0.25) is 0 Å². The lowest BCUT2D eigenvalue weighted by Crippen LogP contribution is -2.37. The molecule has 1 amide bonds. The molecule has 0 spiro atoms. The molecule has 0 saturated heterocycles. The molecule has 0 heterocycles. The lowest BCUT2D eigenvalue weighted by atomic mass is 10.2. The van der Waals surface area contributed by atoms with Crippen LogP contribution in [0.15, 0.2) is 114 Å². The molecule has 8 heteroatoms. The predicted octanol–water partition coefficient (Wildman–Crippen LogP) is 5.71. The van der Waals surface area contributed by atoms with Crippen molar-refractivity contribution < 1.29 is 22.7 Å². The van der Waals surface area contributed by atoms with Crippen molar-refractivity contribution in [1.82, 2.24) is 4.31 Å². The highest BCUT2D eigenvalue weighted by Gasteiger charge is 2.27. The average molecular weight is 517 g/mol. The van der Waals surface area contributed by atoms with Crippen LogP contribution in [0, 0.1) is 0 Å². The van der Waals surface area contributed by atoms with Crippen molar-refractivity contribution in [1.29, 1.82) is 0 Å². The van der Waals surface area contributed by atoms with Gasteiger partial charge in [0.25, 0.3) is 0 Å². The van der Waals surface area contributed by atoms with Crippen LogP contribution in [-0.4, -0.2) is 31.8 Å². The van der Waals surface area contributed by atoms with Crippen molar-refractivity contribution in [3.05, 3.63) is 115 Å². The van der Waals surface area contributed by atoms with Gasteiger partial charge in [0.05, 0.1) is 23.7 Å². The summed E-state index contributed by atoms with van der Waals surface area (Å²) in [6.45, 7) is 1.98. The fourth-order valence-corrected chi connectivity index (χ4v) is 5.05. The van der Waals surface area contributed by atoms with E-state index in [4.69, 9.17) is 9.47 Å². The van der Waals surface area contributed by atoms with Gasteiger partial charge in [-0.05, 0) is 61.0 Å². The maximum absolute atomic E-state index is 13.6. The number of rotatable bonds is 11. The Kier molecular flexibility index (Phi) is 8.56. The smallest absolute Gasteiger partial charge is 0.243 e. The van der Waals surface area contributed by atoms with Gasteiger partial charge in [-0.25, -0.2) is 8.42 Å². The van der Waals surface area contributed by atoms with E-state index >= 15 is 0 Å². The van der Waals surface area contributed by atoms with Gasteiger partial charge < -0.3 is 14.8 Å². The second-order valence-electron chi connectivity index (χ2n) is 8.12. The van der Waals surface area contributed by atoms with E-state index in [9.17, 15) is 13.2 Å². The summed E-state index contributed by atoms with van der Waals surface area (Å²) in [6, 6.07) is 31.5. The molecule has 0 aliphatic rings. The lowest BCUT2D eigenvalue weighted by molar-refractivity contribution is -0.116. The summed E-state index contributed by atoms with van der Waals surface area (Å²) < 4.78 is 39.7. The number of para-hydroxylation sites is 3. The van der Waals surface area contributed by atoms with Gasteiger partial charge in [-0.3, -0.25) is 4.79 Å². The number of hydrogen-bond acceptors (Lipinski definition) is 5. The Morgan fingerprint density at radius 1 is 0.784 bits per heavy atom. The fraction of sp³-hybridized carbons (Fsp3) is 0.138. The zero-order valence-corrected chi connectivity index (χ0v) is 21.2. The number of hydrogen-bond donors (Lipinski definition) is 1. The second kappa shape index (κ2) is 12.2. The Bertz CT molecular complexity index is 1410. The molecule has 0 aromatic heterocycles. The predicted molar refractivity (Wildman–Crippen MR) is 143 cm³/mol. The number of anilines is 1. The first-order valence-corrected chi connectivity index (χ1v) is 13.3. The highest BCUT2D eigenvalue weighted by atomic mass is 32.2. The molecule has 0 fully saturated rings. The van der Waals surface area contributed by atoms with E-state index in [1.165, 1.54) is 12.1 Å². The zero-order chi connectivity index (χ0) is 26.1. The fourth-order valence-electron chi connectivity index (χ4n) is 3.66. The molecule has 190 valence electrons. The number of nitrogens with zero attached hydrogens (tertiary/aromatic N) is 1. The molecule has 0 saturated carbocycles. The van der Waals surface area contributed by atoms with Crippen LogP contribution in [0.4, 0.5) is 5.69 Å². The molecule has 1 N–H and O–H groups in total.